The lowest BCUT2D eigenvalue weighted by atomic mass is 9.97. The molecule has 1 amide bonds. The van der Waals surface area contributed by atoms with Crippen LogP contribution < -0.4 is 5.73 Å². The topological polar surface area (TPSA) is 80.4 Å². The molecule has 1 aromatic rings. The van der Waals surface area contributed by atoms with Crippen LogP contribution in [-0.4, -0.2) is 17.0 Å². The summed E-state index contributed by atoms with van der Waals surface area (Å²) in [6.45, 7) is 1.93. The second-order valence-electron chi connectivity index (χ2n) is 3.27. The molecule has 0 aromatic heterocycles. The zero-order valence-electron chi connectivity index (χ0n) is 8.93. The van der Waals surface area contributed by atoms with Crippen molar-refractivity contribution in [3.05, 3.63) is 41.5 Å². The van der Waals surface area contributed by atoms with E-state index < -0.39 is 11.9 Å². The lowest BCUT2D eigenvalue weighted by Gasteiger charge is -2.08. The lowest BCUT2D eigenvalue weighted by molar-refractivity contribution is -0.131. The maximum atomic E-state index is 11.2. The number of carbonyl (C=O) groups excluding carboxylic acids is 1. The van der Waals surface area contributed by atoms with Crippen LogP contribution in [0, 0.1) is 0 Å². The molecule has 0 aliphatic heterocycles. The number of rotatable bonds is 4. The number of amides is 1. The molecule has 0 unspecified atom stereocenters. The Hall–Kier alpha value is -2.10. The first kappa shape index (κ1) is 12.0. The monoisotopic (exact) mass is 219 g/mol. The fourth-order valence-corrected chi connectivity index (χ4v) is 1.50. The molecule has 0 fully saturated rings. The van der Waals surface area contributed by atoms with Crippen LogP contribution in [0.4, 0.5) is 0 Å². The molecule has 16 heavy (non-hydrogen) atoms. The SMILES string of the molecule is CCc1ccccc1/C(=C/C(=O)O)C(N)=O. The van der Waals surface area contributed by atoms with E-state index in [1.165, 1.54) is 0 Å². The maximum Gasteiger partial charge on any atom is 0.329 e. The van der Waals surface area contributed by atoms with Crippen molar-refractivity contribution in [2.45, 2.75) is 13.3 Å². The number of carboxylic acid groups (broad SMARTS) is 1. The predicted molar refractivity (Wildman–Crippen MR) is 60.6 cm³/mol. The van der Waals surface area contributed by atoms with Gasteiger partial charge in [-0.25, -0.2) is 4.79 Å². The highest BCUT2D eigenvalue weighted by Gasteiger charge is 2.12. The first-order valence-corrected chi connectivity index (χ1v) is 4.89. The number of carboxylic acids is 1. The van der Waals surface area contributed by atoms with Crippen LogP contribution in [0.3, 0.4) is 0 Å². The molecule has 0 atom stereocenters. The first-order valence-electron chi connectivity index (χ1n) is 4.89. The molecule has 1 aromatic carbocycles. The van der Waals surface area contributed by atoms with E-state index in [2.05, 4.69) is 0 Å². The molecule has 0 heterocycles. The summed E-state index contributed by atoms with van der Waals surface area (Å²) < 4.78 is 0. The second kappa shape index (κ2) is 5.11. The predicted octanol–water partition coefficient (Wildman–Crippen LogP) is 1.20. The molecule has 0 spiro atoms. The van der Waals surface area contributed by atoms with Crippen molar-refractivity contribution >= 4 is 17.4 Å². The lowest BCUT2D eigenvalue weighted by Crippen LogP contribution is -2.15. The fraction of sp³-hybridized carbons (Fsp3) is 0.167. The molecule has 0 bridgehead atoms. The maximum absolute atomic E-state index is 11.2. The largest absolute Gasteiger partial charge is 0.478 e. The van der Waals surface area contributed by atoms with E-state index in [0.29, 0.717) is 12.0 Å². The number of carbonyl (C=O) groups is 2. The molecule has 0 aliphatic carbocycles. The second-order valence-corrected chi connectivity index (χ2v) is 3.27. The summed E-state index contributed by atoms with van der Waals surface area (Å²) in [5.74, 6) is -1.91. The van der Waals surface area contributed by atoms with Gasteiger partial charge in [-0.05, 0) is 17.5 Å². The molecule has 3 N–H and O–H groups in total. The Balaban J connectivity index is 3.32. The van der Waals surface area contributed by atoms with Gasteiger partial charge in [0.15, 0.2) is 0 Å². The third-order valence-electron chi connectivity index (χ3n) is 2.22. The first-order chi connectivity index (χ1) is 7.56. The minimum atomic E-state index is -1.18. The third kappa shape index (κ3) is 2.70. The number of aliphatic carboxylic acids is 1. The summed E-state index contributed by atoms with van der Waals surface area (Å²) >= 11 is 0. The Morgan fingerprint density at radius 1 is 1.38 bits per heavy atom. The zero-order valence-corrected chi connectivity index (χ0v) is 8.93. The standard InChI is InChI=1S/C12H13NO3/c1-2-8-5-3-4-6-9(8)10(12(13)16)7-11(14)15/h3-7H,2H2,1H3,(H2,13,16)(H,14,15)/b10-7-. The number of primary amides is 1. The summed E-state index contributed by atoms with van der Waals surface area (Å²) in [4.78, 5) is 21.8. The number of aryl methyl sites for hydroxylation is 1. The van der Waals surface area contributed by atoms with Gasteiger partial charge in [0.2, 0.25) is 5.91 Å². The van der Waals surface area contributed by atoms with E-state index in [4.69, 9.17) is 10.8 Å². The highest BCUT2D eigenvalue weighted by atomic mass is 16.4. The molecular weight excluding hydrogens is 206 g/mol. The Bertz CT molecular complexity index is 449. The van der Waals surface area contributed by atoms with E-state index in [1.807, 2.05) is 19.1 Å². The number of benzene rings is 1. The summed E-state index contributed by atoms with van der Waals surface area (Å²) in [5, 5.41) is 8.67. The molecule has 84 valence electrons. The van der Waals surface area contributed by atoms with Crippen LogP contribution in [0.25, 0.3) is 5.57 Å². The van der Waals surface area contributed by atoms with Crippen LogP contribution in [0.5, 0.6) is 0 Å². The van der Waals surface area contributed by atoms with Gasteiger partial charge in [-0.15, -0.1) is 0 Å². The van der Waals surface area contributed by atoms with Gasteiger partial charge in [-0.1, -0.05) is 31.2 Å². The summed E-state index contributed by atoms with van der Waals surface area (Å²) in [6.07, 6.45) is 1.55. The van der Waals surface area contributed by atoms with E-state index in [1.54, 1.807) is 12.1 Å². The van der Waals surface area contributed by atoms with Gasteiger partial charge in [-0.2, -0.15) is 0 Å². The highest BCUT2D eigenvalue weighted by Crippen LogP contribution is 2.19. The normalized spacial score (nSPS) is 11.2. The number of hydrogen-bond acceptors (Lipinski definition) is 2. The van der Waals surface area contributed by atoms with Crippen molar-refractivity contribution in [2.75, 3.05) is 0 Å². The van der Waals surface area contributed by atoms with Crippen molar-refractivity contribution in [1.29, 1.82) is 0 Å². The van der Waals surface area contributed by atoms with Crippen molar-refractivity contribution in [3.8, 4) is 0 Å². The Kier molecular flexibility index (Phi) is 3.83. The van der Waals surface area contributed by atoms with E-state index >= 15 is 0 Å². The summed E-state index contributed by atoms with van der Waals surface area (Å²) in [5.41, 5.74) is 6.68. The third-order valence-corrected chi connectivity index (χ3v) is 2.22. The minimum absolute atomic E-state index is 0.0324. The Morgan fingerprint density at radius 3 is 2.50 bits per heavy atom. The molecule has 0 radical (unpaired) electrons. The van der Waals surface area contributed by atoms with Crippen LogP contribution in [0.1, 0.15) is 18.1 Å². The number of hydrogen-bond donors (Lipinski definition) is 2. The van der Waals surface area contributed by atoms with Gasteiger partial charge >= 0.3 is 5.97 Å². The van der Waals surface area contributed by atoms with Crippen molar-refractivity contribution in [2.24, 2.45) is 5.73 Å². The quantitative estimate of drug-likeness (QED) is 0.747. The molecular formula is C12H13NO3. The van der Waals surface area contributed by atoms with Gasteiger partial charge in [0.05, 0.1) is 5.57 Å². The average Bonchev–Trinajstić information content (AvgIpc) is 2.25. The average molecular weight is 219 g/mol. The molecule has 0 aliphatic rings. The molecule has 0 saturated heterocycles. The van der Waals surface area contributed by atoms with Crippen molar-refractivity contribution < 1.29 is 14.7 Å². The zero-order chi connectivity index (χ0) is 12.1. The van der Waals surface area contributed by atoms with Gasteiger partial charge in [0.25, 0.3) is 0 Å². The van der Waals surface area contributed by atoms with Crippen LogP contribution >= 0.6 is 0 Å². The Labute approximate surface area is 93.4 Å². The van der Waals surface area contributed by atoms with E-state index in [-0.39, 0.29) is 5.57 Å². The van der Waals surface area contributed by atoms with Gasteiger partial charge in [0, 0.05) is 6.08 Å². The number of nitrogens with two attached hydrogens (primary N) is 1. The summed E-state index contributed by atoms with van der Waals surface area (Å²) in [6, 6.07) is 7.11. The van der Waals surface area contributed by atoms with Crippen LogP contribution in [0.15, 0.2) is 30.3 Å². The molecule has 1 rings (SSSR count). The summed E-state index contributed by atoms with van der Waals surface area (Å²) in [7, 11) is 0. The van der Waals surface area contributed by atoms with Crippen LogP contribution in [0.2, 0.25) is 0 Å². The Morgan fingerprint density at radius 2 is 2.00 bits per heavy atom. The molecule has 4 heteroatoms. The van der Waals surface area contributed by atoms with E-state index in [9.17, 15) is 9.59 Å². The van der Waals surface area contributed by atoms with Gasteiger partial charge < -0.3 is 10.8 Å². The van der Waals surface area contributed by atoms with Gasteiger partial charge in [0.1, 0.15) is 0 Å². The van der Waals surface area contributed by atoms with Crippen LogP contribution in [-0.2, 0) is 16.0 Å². The highest BCUT2D eigenvalue weighted by molar-refractivity contribution is 6.22. The smallest absolute Gasteiger partial charge is 0.329 e. The van der Waals surface area contributed by atoms with Crippen molar-refractivity contribution in [1.82, 2.24) is 0 Å². The minimum Gasteiger partial charge on any atom is -0.478 e. The van der Waals surface area contributed by atoms with Crippen molar-refractivity contribution in [3.63, 3.8) is 0 Å². The van der Waals surface area contributed by atoms with E-state index in [0.717, 1.165) is 11.6 Å². The van der Waals surface area contributed by atoms with Gasteiger partial charge in [-0.3, -0.25) is 4.79 Å². The molecule has 4 nitrogen and oxygen atoms in total. The molecule has 0 saturated carbocycles. The fourth-order valence-electron chi connectivity index (χ4n) is 1.50.